The molecule has 0 saturated heterocycles. The fourth-order valence-electron chi connectivity index (χ4n) is 2.74. The number of thiophene rings is 1. The number of nitro benzene ring substituents is 1. The highest BCUT2D eigenvalue weighted by molar-refractivity contribution is 7.15. The van der Waals surface area contributed by atoms with Gasteiger partial charge in [0, 0.05) is 29.2 Å². The van der Waals surface area contributed by atoms with Crippen LogP contribution in [0.2, 0.25) is 0 Å². The first-order valence-electron chi connectivity index (χ1n) is 9.07. The second-order valence-electron chi connectivity index (χ2n) is 6.11. The molecule has 1 aromatic heterocycles. The van der Waals surface area contributed by atoms with E-state index >= 15 is 0 Å². The lowest BCUT2D eigenvalue weighted by atomic mass is 10.0. The van der Waals surface area contributed by atoms with Gasteiger partial charge in [0.2, 0.25) is 5.91 Å². The van der Waals surface area contributed by atoms with Crippen molar-refractivity contribution in [2.45, 2.75) is 6.92 Å². The third-order valence-electron chi connectivity index (χ3n) is 4.10. The molecule has 3 aromatic rings. The van der Waals surface area contributed by atoms with Gasteiger partial charge >= 0.3 is 5.97 Å². The lowest BCUT2D eigenvalue weighted by Gasteiger charge is -2.08. The Bertz CT molecular complexity index is 1110. The van der Waals surface area contributed by atoms with Crippen molar-refractivity contribution in [2.75, 3.05) is 11.9 Å². The topological polar surface area (TPSA) is 98.5 Å². The molecule has 0 spiro atoms. The van der Waals surface area contributed by atoms with Crippen LogP contribution in [0.5, 0.6) is 0 Å². The fraction of sp³-hybridized carbons (Fsp3) is 0.0909. The number of non-ortho nitro benzene ring substituents is 1. The van der Waals surface area contributed by atoms with Crippen LogP contribution in [0.1, 0.15) is 22.8 Å². The minimum atomic E-state index is -0.609. The zero-order valence-corrected chi connectivity index (χ0v) is 16.8. The first kappa shape index (κ1) is 20.9. The van der Waals surface area contributed by atoms with Crippen LogP contribution in [0, 0.1) is 10.1 Å². The molecule has 1 heterocycles. The summed E-state index contributed by atoms with van der Waals surface area (Å²) in [6, 6.07) is 15.3. The Morgan fingerprint density at radius 2 is 1.93 bits per heavy atom. The van der Waals surface area contributed by atoms with Gasteiger partial charge in [-0.25, -0.2) is 4.79 Å². The van der Waals surface area contributed by atoms with Crippen LogP contribution in [0.15, 0.2) is 66.1 Å². The number of esters is 1. The zero-order chi connectivity index (χ0) is 21.5. The van der Waals surface area contributed by atoms with Crippen molar-refractivity contribution in [3.8, 4) is 11.1 Å². The smallest absolute Gasteiger partial charge is 0.341 e. The molecule has 0 aliphatic rings. The number of nitrogens with one attached hydrogen (secondary N) is 1. The van der Waals surface area contributed by atoms with Gasteiger partial charge in [0.25, 0.3) is 5.69 Å². The van der Waals surface area contributed by atoms with Gasteiger partial charge in [0.1, 0.15) is 10.6 Å². The molecule has 152 valence electrons. The van der Waals surface area contributed by atoms with Crippen molar-refractivity contribution in [3.63, 3.8) is 0 Å². The molecule has 0 unspecified atom stereocenters. The monoisotopic (exact) mass is 422 g/mol. The maximum atomic E-state index is 12.6. The highest BCUT2D eigenvalue weighted by atomic mass is 32.1. The molecule has 1 amide bonds. The van der Waals surface area contributed by atoms with Crippen molar-refractivity contribution in [1.82, 2.24) is 0 Å². The van der Waals surface area contributed by atoms with E-state index in [1.807, 2.05) is 30.3 Å². The summed E-state index contributed by atoms with van der Waals surface area (Å²) in [5.74, 6) is -1.01. The van der Waals surface area contributed by atoms with E-state index in [-0.39, 0.29) is 17.9 Å². The lowest BCUT2D eigenvalue weighted by molar-refractivity contribution is -0.384. The normalized spacial score (nSPS) is 10.7. The Morgan fingerprint density at radius 3 is 2.63 bits per heavy atom. The molecule has 0 saturated carbocycles. The number of nitrogens with zero attached hydrogens (tertiary/aromatic N) is 1. The lowest BCUT2D eigenvalue weighted by Crippen LogP contribution is -2.12. The van der Waals surface area contributed by atoms with Gasteiger partial charge in [0.05, 0.1) is 11.5 Å². The number of anilines is 1. The van der Waals surface area contributed by atoms with Crippen molar-refractivity contribution < 1.29 is 19.2 Å². The van der Waals surface area contributed by atoms with E-state index in [0.717, 1.165) is 16.9 Å². The summed E-state index contributed by atoms with van der Waals surface area (Å²) in [7, 11) is 0. The minimum Gasteiger partial charge on any atom is -0.462 e. The van der Waals surface area contributed by atoms with E-state index in [4.69, 9.17) is 4.74 Å². The molecule has 2 aromatic carbocycles. The summed E-state index contributed by atoms with van der Waals surface area (Å²) in [4.78, 5) is 35.6. The number of benzene rings is 2. The van der Waals surface area contributed by atoms with Crippen LogP contribution < -0.4 is 5.32 Å². The van der Waals surface area contributed by atoms with Crippen LogP contribution in [-0.4, -0.2) is 23.4 Å². The number of hydrogen-bond donors (Lipinski definition) is 1. The molecule has 0 radical (unpaired) electrons. The van der Waals surface area contributed by atoms with Gasteiger partial charge in [0.15, 0.2) is 0 Å². The summed E-state index contributed by atoms with van der Waals surface area (Å²) >= 11 is 1.15. The Morgan fingerprint density at radius 1 is 1.17 bits per heavy atom. The van der Waals surface area contributed by atoms with Crippen molar-refractivity contribution in [2.24, 2.45) is 0 Å². The first-order valence-corrected chi connectivity index (χ1v) is 9.95. The number of carbonyl (C=O) groups excluding carboxylic acids is 2. The van der Waals surface area contributed by atoms with Gasteiger partial charge in [-0.1, -0.05) is 42.5 Å². The summed E-state index contributed by atoms with van der Waals surface area (Å²) in [6.45, 7) is 1.84. The molecule has 0 atom stereocenters. The maximum Gasteiger partial charge on any atom is 0.341 e. The van der Waals surface area contributed by atoms with E-state index in [0.29, 0.717) is 16.1 Å². The SMILES string of the molecule is CCOC(=O)c1c(-c2cccc([N+](=O)[O-])c2)csc1NC(=O)/C=C/c1ccccc1. The first-order chi connectivity index (χ1) is 14.5. The maximum absolute atomic E-state index is 12.6. The molecule has 30 heavy (non-hydrogen) atoms. The number of nitro groups is 1. The average molecular weight is 422 g/mol. The van der Waals surface area contributed by atoms with Gasteiger partial charge in [-0.15, -0.1) is 11.3 Å². The number of carbonyl (C=O) groups is 2. The second kappa shape index (κ2) is 9.62. The quantitative estimate of drug-likeness (QED) is 0.246. The minimum absolute atomic E-state index is 0.0927. The largest absolute Gasteiger partial charge is 0.462 e. The molecule has 0 aliphatic carbocycles. The number of rotatable bonds is 7. The van der Waals surface area contributed by atoms with Gasteiger partial charge in [-0.2, -0.15) is 0 Å². The van der Waals surface area contributed by atoms with E-state index in [1.165, 1.54) is 18.2 Å². The van der Waals surface area contributed by atoms with Crippen LogP contribution in [0.3, 0.4) is 0 Å². The van der Waals surface area contributed by atoms with Gasteiger partial charge in [-0.05, 0) is 24.1 Å². The van der Waals surface area contributed by atoms with Gasteiger partial charge < -0.3 is 10.1 Å². The standard InChI is InChI=1S/C22H18N2O5S/c1-2-29-22(26)20-18(16-9-6-10-17(13-16)24(27)28)14-30-21(20)23-19(25)12-11-15-7-4-3-5-8-15/h3-14H,2H2,1H3,(H,23,25)/b12-11+. The highest BCUT2D eigenvalue weighted by Crippen LogP contribution is 2.37. The van der Waals surface area contributed by atoms with E-state index < -0.39 is 16.8 Å². The molecule has 0 fully saturated rings. The fourth-order valence-corrected chi connectivity index (χ4v) is 3.71. The second-order valence-corrected chi connectivity index (χ2v) is 6.99. The molecule has 0 aliphatic heterocycles. The summed E-state index contributed by atoms with van der Waals surface area (Å²) in [5.41, 5.74) is 1.89. The molecule has 1 N–H and O–H groups in total. The molecule has 0 bridgehead atoms. The predicted octanol–water partition coefficient (Wildman–Crippen LogP) is 5.15. The average Bonchev–Trinajstić information content (AvgIpc) is 3.17. The Labute approximate surface area is 176 Å². The van der Waals surface area contributed by atoms with Gasteiger partial charge in [-0.3, -0.25) is 14.9 Å². The van der Waals surface area contributed by atoms with Crippen LogP contribution in [0.25, 0.3) is 17.2 Å². The summed E-state index contributed by atoms with van der Waals surface area (Å²) < 4.78 is 5.14. The number of hydrogen-bond acceptors (Lipinski definition) is 6. The van der Waals surface area contributed by atoms with Crippen molar-refractivity contribution in [3.05, 3.63) is 87.3 Å². The summed E-state index contributed by atoms with van der Waals surface area (Å²) in [6.07, 6.45) is 3.03. The van der Waals surface area contributed by atoms with Crippen molar-refractivity contribution in [1.29, 1.82) is 0 Å². The Hall–Kier alpha value is -3.78. The third kappa shape index (κ3) is 4.98. The van der Waals surface area contributed by atoms with Crippen molar-refractivity contribution >= 4 is 40.0 Å². The van der Waals surface area contributed by atoms with E-state index in [1.54, 1.807) is 30.5 Å². The molecular formula is C22H18N2O5S. The Kier molecular flexibility index (Phi) is 6.71. The molecular weight excluding hydrogens is 404 g/mol. The van der Waals surface area contributed by atoms with Crippen LogP contribution in [-0.2, 0) is 9.53 Å². The molecule has 8 heteroatoms. The number of amides is 1. The zero-order valence-electron chi connectivity index (χ0n) is 16.0. The number of ether oxygens (including phenoxy) is 1. The molecule has 7 nitrogen and oxygen atoms in total. The van der Waals surface area contributed by atoms with E-state index in [2.05, 4.69) is 5.32 Å². The van der Waals surface area contributed by atoms with E-state index in [9.17, 15) is 19.7 Å². The summed E-state index contributed by atoms with van der Waals surface area (Å²) in [5, 5.41) is 15.8. The highest BCUT2D eigenvalue weighted by Gasteiger charge is 2.23. The molecule has 3 rings (SSSR count). The predicted molar refractivity (Wildman–Crippen MR) is 116 cm³/mol. The van der Waals surface area contributed by atoms with Crippen LogP contribution in [0.4, 0.5) is 10.7 Å². The Balaban J connectivity index is 1.92. The third-order valence-corrected chi connectivity index (χ3v) is 5.00. The van der Waals surface area contributed by atoms with Crippen LogP contribution >= 0.6 is 11.3 Å².